The first kappa shape index (κ1) is 20.8. The Bertz CT molecular complexity index is 931. The first-order chi connectivity index (χ1) is 14.6. The number of morpholine rings is 1. The summed E-state index contributed by atoms with van der Waals surface area (Å²) in [6.07, 6.45) is 0.766. The molecule has 158 valence electrons. The molecule has 6 nitrogen and oxygen atoms in total. The molecule has 1 aromatic heterocycles. The second-order valence-electron chi connectivity index (χ2n) is 7.69. The summed E-state index contributed by atoms with van der Waals surface area (Å²) in [5, 5.41) is 12.5. The van der Waals surface area contributed by atoms with Gasteiger partial charge in [-0.3, -0.25) is 14.5 Å². The fourth-order valence-corrected chi connectivity index (χ4v) is 4.72. The second kappa shape index (κ2) is 9.12. The molecule has 1 fully saturated rings. The van der Waals surface area contributed by atoms with Crippen molar-refractivity contribution in [2.24, 2.45) is 0 Å². The number of hydrogen-bond donors (Lipinski definition) is 1. The molecule has 0 aliphatic carbocycles. The van der Waals surface area contributed by atoms with Gasteiger partial charge in [0.25, 0.3) is 5.91 Å². The molecule has 2 aliphatic rings. The number of thiophene rings is 1. The van der Waals surface area contributed by atoms with Crippen molar-refractivity contribution < 1.29 is 19.4 Å². The van der Waals surface area contributed by atoms with Crippen LogP contribution in [0, 0.1) is 6.92 Å². The van der Waals surface area contributed by atoms with Gasteiger partial charge in [-0.05, 0) is 30.4 Å². The largest absolute Gasteiger partial charge is 0.503 e. The minimum Gasteiger partial charge on any atom is -0.503 e. The summed E-state index contributed by atoms with van der Waals surface area (Å²) in [5.41, 5.74) is 2.11. The van der Waals surface area contributed by atoms with Gasteiger partial charge in [-0.15, -0.1) is 11.3 Å². The second-order valence-corrected chi connectivity index (χ2v) is 8.64. The Kier molecular flexibility index (Phi) is 6.32. The number of benzene rings is 1. The van der Waals surface area contributed by atoms with Gasteiger partial charge in [0.05, 0.1) is 29.7 Å². The smallest absolute Gasteiger partial charge is 0.290 e. The summed E-state index contributed by atoms with van der Waals surface area (Å²) in [6.45, 7) is 6.56. The third kappa shape index (κ3) is 4.19. The Labute approximate surface area is 180 Å². The van der Waals surface area contributed by atoms with E-state index in [4.69, 9.17) is 4.74 Å². The van der Waals surface area contributed by atoms with E-state index in [1.165, 1.54) is 11.3 Å². The lowest BCUT2D eigenvalue weighted by Crippen LogP contribution is -2.39. The number of hydrogen-bond acceptors (Lipinski definition) is 6. The van der Waals surface area contributed by atoms with Crippen LogP contribution in [-0.2, 0) is 9.53 Å². The van der Waals surface area contributed by atoms with Gasteiger partial charge in [0.1, 0.15) is 0 Å². The van der Waals surface area contributed by atoms with Crippen LogP contribution in [0.4, 0.5) is 0 Å². The predicted octanol–water partition coefficient (Wildman–Crippen LogP) is 3.36. The maximum atomic E-state index is 13.2. The zero-order valence-corrected chi connectivity index (χ0v) is 17.9. The molecular formula is C23H26N2O4S. The number of aliphatic hydroxyl groups excluding tert-OH is 1. The first-order valence-electron chi connectivity index (χ1n) is 10.2. The summed E-state index contributed by atoms with van der Waals surface area (Å²) in [6, 6.07) is 10.8. The van der Waals surface area contributed by atoms with Crippen LogP contribution in [-0.4, -0.2) is 66.0 Å². The number of aryl methyl sites for hydroxylation is 1. The maximum Gasteiger partial charge on any atom is 0.290 e. The van der Waals surface area contributed by atoms with E-state index in [0.717, 1.165) is 50.4 Å². The highest BCUT2D eigenvalue weighted by atomic mass is 32.1. The number of carbonyl (C=O) groups excluding carboxylic acids is 2. The molecule has 0 bridgehead atoms. The minimum absolute atomic E-state index is 0.178. The highest BCUT2D eigenvalue weighted by molar-refractivity contribution is 7.12. The van der Waals surface area contributed by atoms with Gasteiger partial charge in [-0.1, -0.05) is 35.9 Å². The van der Waals surface area contributed by atoms with Gasteiger partial charge in [0.2, 0.25) is 5.78 Å². The van der Waals surface area contributed by atoms with E-state index in [-0.39, 0.29) is 11.4 Å². The molecule has 0 unspecified atom stereocenters. The molecule has 0 radical (unpaired) electrons. The van der Waals surface area contributed by atoms with Crippen LogP contribution in [0.25, 0.3) is 0 Å². The van der Waals surface area contributed by atoms with Crippen LogP contribution in [0.1, 0.15) is 33.3 Å². The van der Waals surface area contributed by atoms with Gasteiger partial charge in [0.15, 0.2) is 5.76 Å². The number of amides is 1. The van der Waals surface area contributed by atoms with Gasteiger partial charge in [-0.25, -0.2) is 0 Å². The average Bonchev–Trinajstić information content (AvgIpc) is 3.38. The van der Waals surface area contributed by atoms with Crippen LogP contribution in [0.5, 0.6) is 0 Å². The number of ketones is 1. The number of rotatable bonds is 7. The van der Waals surface area contributed by atoms with E-state index in [2.05, 4.69) is 4.90 Å². The fourth-order valence-electron chi connectivity index (χ4n) is 4.04. The van der Waals surface area contributed by atoms with Crippen LogP contribution in [0.2, 0.25) is 0 Å². The van der Waals surface area contributed by atoms with Crippen LogP contribution in [0.3, 0.4) is 0 Å². The van der Waals surface area contributed by atoms with Crippen molar-refractivity contribution in [1.29, 1.82) is 0 Å². The van der Waals surface area contributed by atoms with E-state index in [9.17, 15) is 14.7 Å². The molecule has 7 heteroatoms. The van der Waals surface area contributed by atoms with Gasteiger partial charge < -0.3 is 14.7 Å². The normalized spacial score (nSPS) is 20.2. The first-order valence-corrected chi connectivity index (χ1v) is 11.1. The SMILES string of the molecule is Cc1ccc([C@H]2C(C(=O)c3cccs3)=C(O)C(=O)N2CCCN2CCOCC2)cc1. The highest BCUT2D eigenvalue weighted by Gasteiger charge is 2.43. The van der Waals surface area contributed by atoms with E-state index in [1.54, 1.807) is 17.0 Å². The number of carbonyl (C=O) groups is 2. The number of aliphatic hydroxyl groups is 1. The number of nitrogens with zero attached hydrogens (tertiary/aromatic N) is 2. The third-order valence-corrected chi connectivity index (χ3v) is 6.53. The lowest BCUT2D eigenvalue weighted by molar-refractivity contribution is -0.129. The topological polar surface area (TPSA) is 70.1 Å². The monoisotopic (exact) mass is 426 g/mol. The zero-order valence-electron chi connectivity index (χ0n) is 17.0. The molecule has 1 amide bonds. The Morgan fingerprint density at radius 3 is 2.57 bits per heavy atom. The molecule has 2 aromatic rings. The molecule has 1 N–H and O–H groups in total. The fraction of sp³-hybridized carbons (Fsp3) is 0.391. The van der Waals surface area contributed by atoms with Gasteiger partial charge in [-0.2, -0.15) is 0 Å². The van der Waals surface area contributed by atoms with Gasteiger partial charge in [0, 0.05) is 26.2 Å². The van der Waals surface area contributed by atoms with Crippen LogP contribution >= 0.6 is 11.3 Å². The summed E-state index contributed by atoms with van der Waals surface area (Å²) < 4.78 is 5.39. The Balaban J connectivity index is 1.59. The Morgan fingerprint density at radius 2 is 1.90 bits per heavy atom. The molecule has 0 spiro atoms. The van der Waals surface area contributed by atoms with Crippen molar-refractivity contribution in [2.75, 3.05) is 39.4 Å². The molecule has 1 aromatic carbocycles. The molecule has 0 saturated carbocycles. The molecule has 1 atom stereocenters. The zero-order chi connectivity index (χ0) is 21.1. The molecule has 3 heterocycles. The van der Waals surface area contributed by atoms with Crippen molar-refractivity contribution in [1.82, 2.24) is 9.80 Å². The molecular weight excluding hydrogens is 400 g/mol. The van der Waals surface area contributed by atoms with Crippen LogP contribution < -0.4 is 0 Å². The lowest BCUT2D eigenvalue weighted by atomic mass is 9.94. The molecule has 2 aliphatic heterocycles. The minimum atomic E-state index is -0.572. The van der Waals surface area contributed by atoms with Crippen molar-refractivity contribution in [3.05, 3.63) is 69.1 Å². The Hall–Kier alpha value is -2.48. The Morgan fingerprint density at radius 1 is 1.17 bits per heavy atom. The quantitative estimate of drug-likeness (QED) is 0.688. The van der Waals surface area contributed by atoms with E-state index in [1.807, 2.05) is 36.6 Å². The van der Waals surface area contributed by atoms with Gasteiger partial charge >= 0.3 is 0 Å². The predicted molar refractivity (Wildman–Crippen MR) is 116 cm³/mol. The molecule has 1 saturated heterocycles. The van der Waals surface area contributed by atoms with E-state index >= 15 is 0 Å². The highest BCUT2D eigenvalue weighted by Crippen LogP contribution is 2.39. The lowest BCUT2D eigenvalue weighted by Gasteiger charge is -2.30. The number of ether oxygens (including phenoxy) is 1. The number of Topliss-reactive ketones (excluding diaryl/α,β-unsaturated/α-hetero) is 1. The van der Waals surface area contributed by atoms with Crippen molar-refractivity contribution >= 4 is 23.0 Å². The summed E-state index contributed by atoms with van der Waals surface area (Å²) in [4.78, 5) is 30.6. The standard InChI is InChI=1S/C23H26N2O4S/c1-16-5-7-17(8-6-16)20-19(21(26)18-4-2-15-30-18)22(27)23(28)25(20)10-3-9-24-11-13-29-14-12-24/h2,4-8,15,20,27H,3,9-14H2,1H3/t20-/m0/s1. The summed E-state index contributed by atoms with van der Waals surface area (Å²) >= 11 is 1.32. The van der Waals surface area contributed by atoms with Crippen molar-refractivity contribution in [2.45, 2.75) is 19.4 Å². The summed E-state index contributed by atoms with van der Waals surface area (Å²) in [7, 11) is 0. The van der Waals surface area contributed by atoms with E-state index < -0.39 is 17.7 Å². The molecule has 30 heavy (non-hydrogen) atoms. The van der Waals surface area contributed by atoms with E-state index in [0.29, 0.717) is 11.4 Å². The van der Waals surface area contributed by atoms with Crippen molar-refractivity contribution in [3.63, 3.8) is 0 Å². The third-order valence-electron chi connectivity index (χ3n) is 5.66. The molecule has 4 rings (SSSR count). The summed E-state index contributed by atoms with van der Waals surface area (Å²) in [5.74, 6) is -1.18. The maximum absolute atomic E-state index is 13.2. The van der Waals surface area contributed by atoms with Crippen LogP contribution in [0.15, 0.2) is 53.1 Å². The van der Waals surface area contributed by atoms with Crippen molar-refractivity contribution in [3.8, 4) is 0 Å². The average molecular weight is 427 g/mol.